The van der Waals surface area contributed by atoms with Gasteiger partial charge in [0.1, 0.15) is 6.10 Å². The molecule has 0 aromatic rings. The zero-order valence-electron chi connectivity index (χ0n) is 10.7. The van der Waals surface area contributed by atoms with Gasteiger partial charge in [-0.05, 0) is 37.5 Å². The van der Waals surface area contributed by atoms with Crippen LogP contribution in [0, 0.1) is 5.41 Å². The van der Waals surface area contributed by atoms with E-state index in [4.69, 9.17) is 10.5 Å². The number of nitrogens with two attached hydrogens (primary N) is 1. The molecule has 1 aliphatic carbocycles. The average molecular weight is 240 g/mol. The first-order valence-corrected chi connectivity index (χ1v) is 6.82. The predicted molar refractivity (Wildman–Crippen MR) is 66.5 cm³/mol. The molecule has 98 valence electrons. The molecule has 0 bridgehead atoms. The van der Waals surface area contributed by atoms with Gasteiger partial charge in [-0.15, -0.1) is 0 Å². The third-order valence-electron chi connectivity index (χ3n) is 4.04. The zero-order valence-corrected chi connectivity index (χ0v) is 10.7. The number of carbonyl (C=O) groups is 1. The molecule has 1 aliphatic heterocycles. The maximum atomic E-state index is 11.9. The summed E-state index contributed by atoms with van der Waals surface area (Å²) in [6, 6.07) is 0. The average Bonchev–Trinajstić information content (AvgIpc) is 2.93. The SMILES string of the molecule is CCCC1(CNC(=O)[C@@H]2CC[C@H](CN)O2)CC1. The molecule has 0 unspecified atom stereocenters. The van der Waals surface area contributed by atoms with Crippen LogP contribution < -0.4 is 11.1 Å². The molecule has 2 rings (SSSR count). The summed E-state index contributed by atoms with van der Waals surface area (Å²) in [5.41, 5.74) is 5.95. The molecule has 2 atom stereocenters. The van der Waals surface area contributed by atoms with E-state index >= 15 is 0 Å². The Labute approximate surface area is 103 Å². The minimum atomic E-state index is -0.263. The van der Waals surface area contributed by atoms with Crippen molar-refractivity contribution >= 4 is 5.91 Å². The Morgan fingerprint density at radius 2 is 2.24 bits per heavy atom. The Morgan fingerprint density at radius 3 is 2.76 bits per heavy atom. The maximum Gasteiger partial charge on any atom is 0.249 e. The summed E-state index contributed by atoms with van der Waals surface area (Å²) >= 11 is 0. The van der Waals surface area contributed by atoms with E-state index in [0.717, 1.165) is 19.4 Å². The molecule has 17 heavy (non-hydrogen) atoms. The predicted octanol–water partition coefficient (Wildman–Crippen LogP) is 1.19. The van der Waals surface area contributed by atoms with E-state index in [-0.39, 0.29) is 18.1 Å². The van der Waals surface area contributed by atoms with Gasteiger partial charge in [-0.3, -0.25) is 4.79 Å². The van der Waals surface area contributed by atoms with Crippen LogP contribution in [0.25, 0.3) is 0 Å². The number of hydrogen-bond donors (Lipinski definition) is 2. The lowest BCUT2D eigenvalue weighted by molar-refractivity contribution is -0.132. The van der Waals surface area contributed by atoms with E-state index in [1.165, 1.54) is 25.7 Å². The first kappa shape index (κ1) is 12.8. The van der Waals surface area contributed by atoms with E-state index < -0.39 is 0 Å². The lowest BCUT2D eigenvalue weighted by Gasteiger charge is -2.17. The molecule has 4 nitrogen and oxygen atoms in total. The van der Waals surface area contributed by atoms with E-state index in [1.807, 2.05) is 0 Å². The summed E-state index contributed by atoms with van der Waals surface area (Å²) in [4.78, 5) is 11.9. The third kappa shape index (κ3) is 3.19. The quantitative estimate of drug-likeness (QED) is 0.733. The largest absolute Gasteiger partial charge is 0.364 e. The summed E-state index contributed by atoms with van der Waals surface area (Å²) in [6.45, 7) is 3.55. The highest BCUT2D eigenvalue weighted by atomic mass is 16.5. The molecule has 1 saturated carbocycles. The van der Waals surface area contributed by atoms with Crippen molar-refractivity contribution in [3.63, 3.8) is 0 Å². The fourth-order valence-corrected chi connectivity index (χ4v) is 2.68. The van der Waals surface area contributed by atoms with Gasteiger partial charge in [0.05, 0.1) is 6.10 Å². The molecular formula is C13H24N2O2. The third-order valence-corrected chi connectivity index (χ3v) is 4.04. The van der Waals surface area contributed by atoms with Gasteiger partial charge in [-0.1, -0.05) is 13.3 Å². The first-order chi connectivity index (χ1) is 8.19. The number of carbonyl (C=O) groups excluding carboxylic acids is 1. The summed E-state index contributed by atoms with van der Waals surface area (Å²) in [5, 5.41) is 3.05. The van der Waals surface area contributed by atoms with Crippen molar-refractivity contribution in [2.75, 3.05) is 13.1 Å². The van der Waals surface area contributed by atoms with E-state index in [2.05, 4.69) is 12.2 Å². The second-order valence-electron chi connectivity index (χ2n) is 5.53. The van der Waals surface area contributed by atoms with Crippen molar-refractivity contribution in [2.45, 2.75) is 57.7 Å². The summed E-state index contributed by atoms with van der Waals surface area (Å²) in [7, 11) is 0. The molecule has 1 saturated heterocycles. The minimum absolute atomic E-state index is 0.0586. The highest BCUT2D eigenvalue weighted by Gasteiger charge is 2.42. The fourth-order valence-electron chi connectivity index (χ4n) is 2.68. The molecule has 3 N–H and O–H groups in total. The van der Waals surface area contributed by atoms with Gasteiger partial charge < -0.3 is 15.8 Å². The van der Waals surface area contributed by atoms with Crippen molar-refractivity contribution in [1.29, 1.82) is 0 Å². The Hall–Kier alpha value is -0.610. The second-order valence-corrected chi connectivity index (χ2v) is 5.53. The van der Waals surface area contributed by atoms with Crippen molar-refractivity contribution in [1.82, 2.24) is 5.32 Å². The topological polar surface area (TPSA) is 64.4 Å². The summed E-state index contributed by atoms with van der Waals surface area (Å²) in [6.07, 6.45) is 6.49. The van der Waals surface area contributed by atoms with Crippen molar-refractivity contribution in [3.05, 3.63) is 0 Å². The molecule has 0 spiro atoms. The van der Waals surface area contributed by atoms with Crippen molar-refractivity contribution < 1.29 is 9.53 Å². The van der Waals surface area contributed by atoms with Crippen LogP contribution >= 0.6 is 0 Å². The molecule has 1 amide bonds. The van der Waals surface area contributed by atoms with Crippen LogP contribution in [0.3, 0.4) is 0 Å². The smallest absolute Gasteiger partial charge is 0.249 e. The minimum Gasteiger partial charge on any atom is -0.364 e. The lowest BCUT2D eigenvalue weighted by Crippen LogP contribution is -2.38. The highest BCUT2D eigenvalue weighted by Crippen LogP contribution is 2.48. The Bertz CT molecular complexity index is 277. The van der Waals surface area contributed by atoms with Crippen LogP contribution in [0.4, 0.5) is 0 Å². The van der Waals surface area contributed by atoms with E-state index in [1.54, 1.807) is 0 Å². The number of ether oxygens (including phenoxy) is 1. The molecule has 0 aromatic carbocycles. The zero-order chi connectivity index (χ0) is 12.3. The Kier molecular flexibility index (Phi) is 4.05. The van der Waals surface area contributed by atoms with Gasteiger partial charge in [0.2, 0.25) is 5.91 Å². The monoisotopic (exact) mass is 240 g/mol. The van der Waals surface area contributed by atoms with Crippen LogP contribution in [-0.2, 0) is 9.53 Å². The van der Waals surface area contributed by atoms with Crippen LogP contribution in [0.1, 0.15) is 45.4 Å². The lowest BCUT2D eigenvalue weighted by atomic mass is 10.0. The standard InChI is InChI=1S/C13H24N2O2/c1-2-5-13(6-7-13)9-15-12(16)11-4-3-10(8-14)17-11/h10-11H,2-9,14H2,1H3,(H,15,16)/t10-,11+/m1/s1. The van der Waals surface area contributed by atoms with Crippen LogP contribution in [0.15, 0.2) is 0 Å². The van der Waals surface area contributed by atoms with E-state index in [0.29, 0.717) is 12.0 Å². The number of rotatable bonds is 6. The van der Waals surface area contributed by atoms with Crippen LogP contribution in [0.5, 0.6) is 0 Å². The molecule has 1 heterocycles. The van der Waals surface area contributed by atoms with Crippen molar-refractivity contribution in [3.8, 4) is 0 Å². The molecule has 2 fully saturated rings. The van der Waals surface area contributed by atoms with E-state index in [9.17, 15) is 4.79 Å². The highest BCUT2D eigenvalue weighted by molar-refractivity contribution is 5.81. The Balaban J connectivity index is 1.71. The van der Waals surface area contributed by atoms with Crippen LogP contribution in [0.2, 0.25) is 0 Å². The number of nitrogens with one attached hydrogen (secondary N) is 1. The maximum absolute atomic E-state index is 11.9. The summed E-state index contributed by atoms with van der Waals surface area (Å²) in [5.74, 6) is 0.0586. The molecule has 0 radical (unpaired) electrons. The number of hydrogen-bond acceptors (Lipinski definition) is 3. The number of amides is 1. The van der Waals surface area contributed by atoms with Gasteiger partial charge in [-0.25, -0.2) is 0 Å². The Morgan fingerprint density at radius 1 is 1.47 bits per heavy atom. The first-order valence-electron chi connectivity index (χ1n) is 6.82. The van der Waals surface area contributed by atoms with Gasteiger partial charge >= 0.3 is 0 Å². The van der Waals surface area contributed by atoms with Gasteiger partial charge in [0, 0.05) is 13.1 Å². The molecule has 2 aliphatic rings. The normalized spacial score (nSPS) is 30.2. The van der Waals surface area contributed by atoms with Gasteiger partial charge in [0.25, 0.3) is 0 Å². The molecule has 0 aromatic heterocycles. The second kappa shape index (κ2) is 5.36. The summed E-state index contributed by atoms with van der Waals surface area (Å²) < 4.78 is 5.58. The molecule has 4 heteroatoms. The molecular weight excluding hydrogens is 216 g/mol. The van der Waals surface area contributed by atoms with Crippen LogP contribution in [-0.4, -0.2) is 31.2 Å². The van der Waals surface area contributed by atoms with Gasteiger partial charge in [-0.2, -0.15) is 0 Å². The van der Waals surface area contributed by atoms with Crippen molar-refractivity contribution in [2.24, 2.45) is 11.1 Å². The van der Waals surface area contributed by atoms with Gasteiger partial charge in [0.15, 0.2) is 0 Å². The fraction of sp³-hybridized carbons (Fsp3) is 0.923.